The molecule has 0 unspecified atom stereocenters. The smallest absolute Gasteiger partial charge is 0.175 e. The first-order valence-electron chi connectivity index (χ1n) is 10.2. The summed E-state index contributed by atoms with van der Waals surface area (Å²) in [6, 6.07) is 0. The lowest BCUT2D eigenvalue weighted by Crippen LogP contribution is -2.14. The van der Waals surface area contributed by atoms with Crippen molar-refractivity contribution in [3.05, 3.63) is 0 Å². The number of unbranched alkanes of at least 4 members (excludes halogenated alkanes) is 15. The second kappa shape index (κ2) is 22.8. The fourth-order valence-electron chi connectivity index (χ4n) is 2.94. The molecule has 4 nitrogen and oxygen atoms in total. The highest BCUT2D eigenvalue weighted by Gasteiger charge is 1.97. The molecule has 0 aromatic rings. The van der Waals surface area contributed by atoms with Crippen molar-refractivity contribution in [2.24, 2.45) is 0 Å². The van der Waals surface area contributed by atoms with E-state index in [0.29, 0.717) is 6.61 Å². The number of aliphatic hydroxyl groups is 2. The molecule has 0 saturated carbocycles. The molecule has 0 aliphatic heterocycles. The normalized spacial score (nSPS) is 11.0. The van der Waals surface area contributed by atoms with Crippen molar-refractivity contribution in [3.8, 4) is 0 Å². The number of rotatable bonds is 19. The molecule has 0 saturated heterocycles. The Labute approximate surface area is 151 Å². The molecule has 0 aliphatic rings. The highest BCUT2D eigenvalue weighted by molar-refractivity contribution is 4.50. The molecule has 0 aliphatic carbocycles. The van der Waals surface area contributed by atoms with Gasteiger partial charge in [0.2, 0.25) is 0 Å². The van der Waals surface area contributed by atoms with Crippen LogP contribution in [0.15, 0.2) is 0 Å². The summed E-state index contributed by atoms with van der Waals surface area (Å²) in [4.78, 5) is 0. The third kappa shape index (κ3) is 24.1. The van der Waals surface area contributed by atoms with Crippen LogP contribution in [0.4, 0.5) is 0 Å². The van der Waals surface area contributed by atoms with Crippen molar-refractivity contribution in [1.82, 2.24) is 6.15 Å². The number of hydrogen-bond donors (Lipinski definition) is 3. The second-order valence-electron chi connectivity index (χ2n) is 6.86. The van der Waals surface area contributed by atoms with E-state index in [0.717, 1.165) is 6.42 Å². The number of hydrogen-bond acceptors (Lipinski definition) is 4. The maximum atomic E-state index is 8.62. The van der Waals surface area contributed by atoms with E-state index in [2.05, 4.69) is 6.92 Å². The molecule has 0 aromatic carbocycles. The van der Waals surface area contributed by atoms with Crippen LogP contribution in [0.3, 0.4) is 0 Å². The third-order valence-electron chi connectivity index (χ3n) is 4.41. The summed E-state index contributed by atoms with van der Waals surface area (Å²) in [5, 5.41) is 17.2. The van der Waals surface area contributed by atoms with Crippen LogP contribution in [0, 0.1) is 0 Å². The number of aliphatic hydroxyl groups excluding tert-OH is 1. The highest BCUT2D eigenvalue weighted by atomic mass is 16.5. The molecule has 148 valence electrons. The number of ether oxygens (including phenoxy) is 1. The van der Waals surface area contributed by atoms with Crippen LogP contribution in [0.25, 0.3) is 0 Å². The van der Waals surface area contributed by atoms with E-state index in [9.17, 15) is 0 Å². The minimum Gasteiger partial charge on any atom is -0.376 e. The predicted octanol–water partition coefficient (Wildman–Crippen LogP) is 5.74. The molecule has 0 fully saturated rings. The van der Waals surface area contributed by atoms with Gasteiger partial charge in [0.15, 0.2) is 6.29 Å². The lowest BCUT2D eigenvalue weighted by Gasteiger charge is -2.05. The van der Waals surface area contributed by atoms with E-state index >= 15 is 0 Å². The molecule has 4 heteroatoms. The van der Waals surface area contributed by atoms with E-state index in [4.69, 9.17) is 14.9 Å². The fraction of sp³-hybridized carbons (Fsp3) is 1.00. The Hall–Kier alpha value is -0.160. The molecular formula is C20H45NO3. The molecule has 0 radical (unpaired) electrons. The minimum absolute atomic E-state index is 0. The third-order valence-corrected chi connectivity index (χ3v) is 4.41. The largest absolute Gasteiger partial charge is 0.376 e. The molecule has 0 atom stereocenters. The first-order valence-corrected chi connectivity index (χ1v) is 10.2. The van der Waals surface area contributed by atoms with Crippen LogP contribution in [0.1, 0.15) is 110 Å². The zero-order valence-electron chi connectivity index (χ0n) is 16.3. The van der Waals surface area contributed by atoms with Gasteiger partial charge in [0.25, 0.3) is 0 Å². The average molecular weight is 348 g/mol. The molecule has 0 heterocycles. The first kappa shape index (κ1) is 26.1. The summed E-state index contributed by atoms with van der Waals surface area (Å²) in [6.07, 6.45) is 20.5. The molecule has 5 N–H and O–H groups in total. The van der Waals surface area contributed by atoms with Gasteiger partial charge in [-0.15, -0.1) is 0 Å². The summed E-state index contributed by atoms with van der Waals surface area (Å²) in [5.41, 5.74) is 0. The summed E-state index contributed by atoms with van der Waals surface area (Å²) >= 11 is 0. The van der Waals surface area contributed by atoms with Crippen LogP contribution in [0.2, 0.25) is 0 Å². The Morgan fingerprint density at radius 2 is 0.917 bits per heavy atom. The van der Waals surface area contributed by atoms with Crippen molar-refractivity contribution in [2.45, 2.75) is 116 Å². The van der Waals surface area contributed by atoms with Gasteiger partial charge in [-0.1, -0.05) is 103 Å². The molecule has 0 aromatic heterocycles. The van der Waals surface area contributed by atoms with Crippen LogP contribution < -0.4 is 6.15 Å². The van der Waals surface area contributed by atoms with Gasteiger partial charge >= 0.3 is 0 Å². The van der Waals surface area contributed by atoms with Gasteiger partial charge in [0.1, 0.15) is 0 Å². The van der Waals surface area contributed by atoms with Crippen molar-refractivity contribution >= 4 is 0 Å². The van der Waals surface area contributed by atoms with Crippen LogP contribution >= 0.6 is 0 Å². The zero-order valence-corrected chi connectivity index (χ0v) is 16.3. The summed E-state index contributed by atoms with van der Waals surface area (Å²) in [7, 11) is 0. The Kier molecular flexibility index (Phi) is 24.8. The van der Waals surface area contributed by atoms with E-state index in [1.54, 1.807) is 0 Å². The topological polar surface area (TPSA) is 84.7 Å². The quantitative estimate of drug-likeness (QED) is 0.205. The zero-order chi connectivity index (χ0) is 17.0. The van der Waals surface area contributed by atoms with Crippen LogP contribution in [-0.2, 0) is 4.74 Å². The Morgan fingerprint density at radius 3 is 1.25 bits per heavy atom. The van der Waals surface area contributed by atoms with Crippen molar-refractivity contribution in [1.29, 1.82) is 0 Å². The molecule has 0 spiro atoms. The Balaban J connectivity index is 0. The molecule has 0 bridgehead atoms. The maximum Gasteiger partial charge on any atom is 0.175 e. The van der Waals surface area contributed by atoms with Gasteiger partial charge < -0.3 is 21.1 Å². The van der Waals surface area contributed by atoms with E-state index < -0.39 is 6.29 Å². The van der Waals surface area contributed by atoms with E-state index in [1.807, 2.05) is 0 Å². The van der Waals surface area contributed by atoms with Crippen LogP contribution in [-0.4, -0.2) is 29.7 Å². The fourth-order valence-corrected chi connectivity index (χ4v) is 2.94. The predicted molar refractivity (Wildman–Crippen MR) is 104 cm³/mol. The summed E-state index contributed by atoms with van der Waals surface area (Å²) < 4.78 is 5.11. The van der Waals surface area contributed by atoms with Gasteiger partial charge in [-0.05, 0) is 6.42 Å². The molecule has 24 heavy (non-hydrogen) atoms. The second-order valence-corrected chi connectivity index (χ2v) is 6.86. The minimum atomic E-state index is -1.32. The van der Waals surface area contributed by atoms with Crippen molar-refractivity contribution in [2.75, 3.05) is 13.2 Å². The van der Waals surface area contributed by atoms with Crippen LogP contribution in [0.5, 0.6) is 0 Å². The average Bonchev–Trinajstić information content (AvgIpc) is 2.53. The molecular weight excluding hydrogens is 302 g/mol. The SMILES string of the molecule is CCCCCCCCCCCCCCCCCCOCC(O)O.N. The lowest BCUT2D eigenvalue weighted by molar-refractivity contribution is -0.0949. The van der Waals surface area contributed by atoms with E-state index in [-0.39, 0.29) is 12.8 Å². The van der Waals surface area contributed by atoms with Gasteiger partial charge in [-0.3, -0.25) is 0 Å². The molecule has 0 amide bonds. The standard InChI is InChI=1S/C20H42O3.H3N/c1-2-3-4-5-6-7-8-9-10-11-12-13-14-15-16-17-18-23-19-20(21)22;/h20-22H,2-19H2,1H3;1H3. The highest BCUT2D eigenvalue weighted by Crippen LogP contribution is 2.13. The molecule has 0 rings (SSSR count). The van der Waals surface area contributed by atoms with Gasteiger partial charge in [0, 0.05) is 6.61 Å². The van der Waals surface area contributed by atoms with Gasteiger partial charge in [-0.25, -0.2) is 0 Å². The lowest BCUT2D eigenvalue weighted by atomic mass is 10.0. The van der Waals surface area contributed by atoms with Crippen molar-refractivity contribution in [3.63, 3.8) is 0 Å². The van der Waals surface area contributed by atoms with Gasteiger partial charge in [0.05, 0.1) is 6.61 Å². The van der Waals surface area contributed by atoms with E-state index in [1.165, 1.54) is 96.3 Å². The summed E-state index contributed by atoms with van der Waals surface area (Å²) in [6.45, 7) is 2.97. The van der Waals surface area contributed by atoms with Crippen molar-refractivity contribution < 1.29 is 14.9 Å². The summed E-state index contributed by atoms with van der Waals surface area (Å²) in [5.74, 6) is 0. The Morgan fingerprint density at radius 1 is 0.583 bits per heavy atom. The first-order chi connectivity index (χ1) is 11.3. The Bertz CT molecular complexity index is 213. The monoisotopic (exact) mass is 347 g/mol. The maximum absolute atomic E-state index is 8.62. The van der Waals surface area contributed by atoms with Gasteiger partial charge in [-0.2, -0.15) is 0 Å².